The first-order chi connectivity index (χ1) is 9.78. The molecule has 0 aliphatic heterocycles. The molecule has 3 nitrogen and oxygen atoms in total. The summed E-state index contributed by atoms with van der Waals surface area (Å²) < 4.78 is 0. The molecule has 0 aliphatic rings. The van der Waals surface area contributed by atoms with E-state index in [4.69, 9.17) is 0 Å². The summed E-state index contributed by atoms with van der Waals surface area (Å²) in [5.74, 6) is 1.87. The molecule has 1 heterocycles. The van der Waals surface area contributed by atoms with Gasteiger partial charge in [0.1, 0.15) is 11.6 Å². The molecule has 1 aromatic carbocycles. The van der Waals surface area contributed by atoms with Crippen LogP contribution in [0.25, 0.3) is 0 Å². The van der Waals surface area contributed by atoms with Gasteiger partial charge in [-0.2, -0.15) is 0 Å². The summed E-state index contributed by atoms with van der Waals surface area (Å²) in [6.07, 6.45) is 2.11. The number of pyridine rings is 1. The van der Waals surface area contributed by atoms with Crippen molar-refractivity contribution in [3.63, 3.8) is 0 Å². The molecule has 0 saturated carbocycles. The van der Waals surface area contributed by atoms with Gasteiger partial charge in [-0.05, 0) is 37.5 Å². The van der Waals surface area contributed by atoms with Gasteiger partial charge < -0.3 is 10.6 Å². The van der Waals surface area contributed by atoms with E-state index in [2.05, 4.69) is 53.7 Å². The first-order valence-corrected chi connectivity index (χ1v) is 7.28. The van der Waals surface area contributed by atoms with Crippen LogP contribution < -0.4 is 10.6 Å². The topological polar surface area (TPSA) is 37.0 Å². The SMILES string of the molecule is CCCNc1cccc(NCCc2cccc(C)c2)n1. The van der Waals surface area contributed by atoms with Gasteiger partial charge in [0.05, 0.1) is 0 Å². The Morgan fingerprint density at radius 2 is 1.65 bits per heavy atom. The predicted molar refractivity (Wildman–Crippen MR) is 86.4 cm³/mol. The van der Waals surface area contributed by atoms with E-state index in [1.165, 1.54) is 11.1 Å². The number of nitrogens with zero attached hydrogens (tertiary/aromatic N) is 1. The second-order valence-corrected chi connectivity index (χ2v) is 5.00. The molecule has 0 bridgehead atoms. The molecule has 3 heteroatoms. The van der Waals surface area contributed by atoms with E-state index < -0.39 is 0 Å². The van der Waals surface area contributed by atoms with Gasteiger partial charge in [0.2, 0.25) is 0 Å². The lowest BCUT2D eigenvalue weighted by Crippen LogP contribution is -2.08. The van der Waals surface area contributed by atoms with Crippen LogP contribution in [0.4, 0.5) is 11.6 Å². The number of hydrogen-bond acceptors (Lipinski definition) is 3. The molecule has 0 aliphatic carbocycles. The second kappa shape index (κ2) is 7.53. The highest BCUT2D eigenvalue weighted by molar-refractivity contribution is 5.45. The van der Waals surface area contributed by atoms with E-state index in [1.807, 2.05) is 18.2 Å². The summed E-state index contributed by atoms with van der Waals surface area (Å²) in [5.41, 5.74) is 2.67. The van der Waals surface area contributed by atoms with Crippen molar-refractivity contribution in [2.75, 3.05) is 23.7 Å². The quantitative estimate of drug-likeness (QED) is 0.801. The molecule has 2 aromatic rings. The minimum Gasteiger partial charge on any atom is -0.370 e. The number of rotatable bonds is 7. The fourth-order valence-electron chi connectivity index (χ4n) is 2.09. The van der Waals surface area contributed by atoms with Crippen LogP contribution in [0.3, 0.4) is 0 Å². The highest BCUT2D eigenvalue weighted by Crippen LogP contribution is 2.10. The Morgan fingerprint density at radius 3 is 2.35 bits per heavy atom. The lowest BCUT2D eigenvalue weighted by atomic mass is 10.1. The maximum Gasteiger partial charge on any atom is 0.128 e. The van der Waals surface area contributed by atoms with Crippen molar-refractivity contribution >= 4 is 11.6 Å². The monoisotopic (exact) mass is 269 g/mol. The van der Waals surface area contributed by atoms with Crippen LogP contribution in [0.2, 0.25) is 0 Å². The Balaban J connectivity index is 1.84. The molecule has 0 saturated heterocycles. The third-order valence-corrected chi connectivity index (χ3v) is 3.11. The van der Waals surface area contributed by atoms with Crippen LogP contribution in [0.15, 0.2) is 42.5 Å². The van der Waals surface area contributed by atoms with Crippen molar-refractivity contribution < 1.29 is 0 Å². The number of aromatic nitrogens is 1. The molecule has 0 radical (unpaired) electrons. The van der Waals surface area contributed by atoms with Crippen LogP contribution in [0.5, 0.6) is 0 Å². The zero-order chi connectivity index (χ0) is 14.2. The van der Waals surface area contributed by atoms with E-state index in [0.29, 0.717) is 0 Å². The maximum atomic E-state index is 4.54. The summed E-state index contributed by atoms with van der Waals surface area (Å²) in [4.78, 5) is 4.54. The molecule has 0 unspecified atom stereocenters. The Kier molecular flexibility index (Phi) is 5.42. The van der Waals surface area contributed by atoms with Crippen LogP contribution in [-0.4, -0.2) is 18.1 Å². The molecular formula is C17H23N3. The standard InChI is InChI=1S/C17H23N3/c1-3-11-18-16-8-5-9-17(20-16)19-12-10-15-7-4-6-14(2)13-15/h4-9,13H,3,10-12H2,1-2H3,(H2,18,19,20). The number of aryl methyl sites for hydroxylation is 1. The Hall–Kier alpha value is -2.03. The van der Waals surface area contributed by atoms with E-state index in [-0.39, 0.29) is 0 Å². The van der Waals surface area contributed by atoms with Crippen molar-refractivity contribution in [2.45, 2.75) is 26.7 Å². The van der Waals surface area contributed by atoms with Gasteiger partial charge in [0.15, 0.2) is 0 Å². The molecule has 0 amide bonds. The first kappa shape index (κ1) is 14.4. The summed E-state index contributed by atoms with van der Waals surface area (Å²) in [5, 5.41) is 6.68. The number of nitrogens with one attached hydrogen (secondary N) is 2. The summed E-state index contributed by atoms with van der Waals surface area (Å²) in [7, 11) is 0. The summed E-state index contributed by atoms with van der Waals surface area (Å²) in [6, 6.07) is 14.7. The van der Waals surface area contributed by atoms with E-state index in [1.54, 1.807) is 0 Å². The Labute approximate surface area is 121 Å². The highest BCUT2D eigenvalue weighted by Gasteiger charge is 1.98. The minimum atomic E-state index is 0.897. The van der Waals surface area contributed by atoms with Crippen LogP contribution >= 0.6 is 0 Å². The van der Waals surface area contributed by atoms with Crippen LogP contribution in [-0.2, 0) is 6.42 Å². The number of benzene rings is 1. The van der Waals surface area contributed by atoms with E-state index in [9.17, 15) is 0 Å². The molecule has 2 N–H and O–H groups in total. The largest absolute Gasteiger partial charge is 0.370 e. The van der Waals surface area contributed by atoms with Gasteiger partial charge >= 0.3 is 0 Å². The fraction of sp³-hybridized carbons (Fsp3) is 0.353. The van der Waals surface area contributed by atoms with Crippen molar-refractivity contribution in [1.29, 1.82) is 0 Å². The Bertz CT molecular complexity index is 537. The van der Waals surface area contributed by atoms with Gasteiger partial charge in [-0.1, -0.05) is 42.8 Å². The van der Waals surface area contributed by atoms with Gasteiger partial charge in [-0.25, -0.2) is 4.98 Å². The maximum absolute atomic E-state index is 4.54. The molecule has 1 aromatic heterocycles. The molecule has 106 valence electrons. The van der Waals surface area contributed by atoms with Crippen molar-refractivity contribution in [3.8, 4) is 0 Å². The summed E-state index contributed by atoms with van der Waals surface area (Å²) in [6.45, 7) is 6.13. The molecule has 0 fully saturated rings. The number of hydrogen-bond donors (Lipinski definition) is 2. The third kappa shape index (κ3) is 4.57. The molecule has 0 atom stereocenters. The predicted octanol–water partition coefficient (Wildman–Crippen LogP) is 3.87. The van der Waals surface area contributed by atoms with E-state index >= 15 is 0 Å². The highest BCUT2D eigenvalue weighted by atomic mass is 15.1. The smallest absolute Gasteiger partial charge is 0.128 e. The average molecular weight is 269 g/mol. The third-order valence-electron chi connectivity index (χ3n) is 3.11. The van der Waals surface area contributed by atoms with Crippen molar-refractivity contribution in [1.82, 2.24) is 4.98 Å². The second-order valence-electron chi connectivity index (χ2n) is 5.00. The number of anilines is 2. The Morgan fingerprint density at radius 1 is 0.950 bits per heavy atom. The van der Waals surface area contributed by atoms with Gasteiger partial charge in [-0.15, -0.1) is 0 Å². The average Bonchev–Trinajstić information content (AvgIpc) is 2.46. The molecule has 0 spiro atoms. The van der Waals surface area contributed by atoms with Crippen LogP contribution in [0, 0.1) is 6.92 Å². The molecular weight excluding hydrogens is 246 g/mol. The van der Waals surface area contributed by atoms with Crippen molar-refractivity contribution in [2.24, 2.45) is 0 Å². The van der Waals surface area contributed by atoms with E-state index in [0.717, 1.165) is 37.6 Å². The lowest BCUT2D eigenvalue weighted by molar-refractivity contribution is 0.964. The summed E-state index contributed by atoms with van der Waals surface area (Å²) >= 11 is 0. The fourth-order valence-corrected chi connectivity index (χ4v) is 2.09. The molecule has 2 rings (SSSR count). The normalized spacial score (nSPS) is 10.3. The zero-order valence-electron chi connectivity index (χ0n) is 12.3. The molecule has 20 heavy (non-hydrogen) atoms. The lowest BCUT2D eigenvalue weighted by Gasteiger charge is -2.09. The van der Waals surface area contributed by atoms with Gasteiger partial charge in [-0.3, -0.25) is 0 Å². The van der Waals surface area contributed by atoms with Crippen molar-refractivity contribution in [3.05, 3.63) is 53.6 Å². The van der Waals surface area contributed by atoms with Gasteiger partial charge in [0, 0.05) is 13.1 Å². The minimum absolute atomic E-state index is 0.897. The van der Waals surface area contributed by atoms with Gasteiger partial charge in [0.25, 0.3) is 0 Å². The first-order valence-electron chi connectivity index (χ1n) is 7.28. The van der Waals surface area contributed by atoms with Crippen LogP contribution in [0.1, 0.15) is 24.5 Å². The zero-order valence-corrected chi connectivity index (χ0v) is 12.3.